The van der Waals surface area contributed by atoms with Gasteiger partial charge < -0.3 is 10.6 Å². The second kappa shape index (κ2) is 8.45. The minimum atomic E-state index is -0.203. The van der Waals surface area contributed by atoms with Crippen LogP contribution in [0.15, 0.2) is 18.2 Å². The van der Waals surface area contributed by atoms with Gasteiger partial charge in [-0.25, -0.2) is 4.39 Å². The van der Waals surface area contributed by atoms with Crippen molar-refractivity contribution >= 4 is 11.6 Å². The highest BCUT2D eigenvalue weighted by Crippen LogP contribution is 2.14. The van der Waals surface area contributed by atoms with E-state index >= 15 is 0 Å². The summed E-state index contributed by atoms with van der Waals surface area (Å²) in [5, 5.41) is 7.10. The van der Waals surface area contributed by atoms with E-state index < -0.39 is 0 Å². The van der Waals surface area contributed by atoms with Crippen molar-refractivity contribution in [3.8, 4) is 0 Å². The molecular formula is C13H20ClFN2. The van der Waals surface area contributed by atoms with Crippen molar-refractivity contribution in [3.05, 3.63) is 34.6 Å². The summed E-state index contributed by atoms with van der Waals surface area (Å²) in [6.45, 7) is 5.61. The fourth-order valence-corrected chi connectivity index (χ4v) is 1.74. The molecule has 0 unspecified atom stereocenters. The first-order valence-corrected chi connectivity index (χ1v) is 6.47. The summed E-state index contributed by atoms with van der Waals surface area (Å²) in [4.78, 5) is 0. The Morgan fingerprint density at radius 3 is 2.71 bits per heavy atom. The molecule has 17 heavy (non-hydrogen) atoms. The molecule has 0 spiro atoms. The van der Waals surface area contributed by atoms with E-state index in [1.165, 1.54) is 6.07 Å². The lowest BCUT2D eigenvalue weighted by Gasteiger charge is -2.07. The molecule has 0 aliphatic carbocycles. The zero-order valence-electron chi connectivity index (χ0n) is 10.2. The molecular weight excluding hydrogens is 239 g/mol. The van der Waals surface area contributed by atoms with Crippen LogP contribution in [-0.2, 0) is 6.54 Å². The van der Waals surface area contributed by atoms with Gasteiger partial charge in [-0.15, -0.1) is 0 Å². The van der Waals surface area contributed by atoms with Gasteiger partial charge in [0.25, 0.3) is 0 Å². The predicted octanol–water partition coefficient (Wildman–Crippen LogP) is 2.96. The van der Waals surface area contributed by atoms with Gasteiger partial charge in [-0.3, -0.25) is 0 Å². The molecule has 0 fully saturated rings. The summed E-state index contributed by atoms with van der Waals surface area (Å²) in [6.07, 6.45) is 2.20. The molecule has 2 N–H and O–H groups in total. The van der Waals surface area contributed by atoms with Crippen molar-refractivity contribution in [2.75, 3.05) is 19.6 Å². The highest BCUT2D eigenvalue weighted by Gasteiger charge is 2.01. The summed E-state index contributed by atoms with van der Waals surface area (Å²) in [5.74, 6) is -0.203. The monoisotopic (exact) mass is 258 g/mol. The Labute approximate surface area is 108 Å². The topological polar surface area (TPSA) is 24.1 Å². The van der Waals surface area contributed by atoms with Gasteiger partial charge in [-0.05, 0) is 50.7 Å². The molecule has 0 aliphatic rings. The molecule has 0 saturated heterocycles. The van der Waals surface area contributed by atoms with Crippen LogP contribution in [0.25, 0.3) is 0 Å². The van der Waals surface area contributed by atoms with Crippen molar-refractivity contribution in [2.45, 2.75) is 26.3 Å². The maximum absolute atomic E-state index is 13.3. The quantitative estimate of drug-likeness (QED) is 0.701. The standard InChI is InChI=1S/C13H20ClFN2/c1-2-6-16-7-3-8-17-10-11-9-12(14)4-5-13(11)15/h4-5,9,16-17H,2-3,6-8,10H2,1H3. The minimum Gasteiger partial charge on any atom is -0.317 e. The van der Waals surface area contributed by atoms with Gasteiger partial charge in [-0.1, -0.05) is 18.5 Å². The Hall–Kier alpha value is -0.640. The summed E-state index contributed by atoms with van der Waals surface area (Å²) >= 11 is 5.81. The lowest BCUT2D eigenvalue weighted by atomic mass is 10.2. The molecule has 96 valence electrons. The Morgan fingerprint density at radius 1 is 1.18 bits per heavy atom. The average Bonchev–Trinajstić information content (AvgIpc) is 2.32. The molecule has 1 aromatic carbocycles. The van der Waals surface area contributed by atoms with E-state index in [-0.39, 0.29) is 5.82 Å². The number of benzene rings is 1. The van der Waals surface area contributed by atoms with E-state index in [1.807, 2.05) is 0 Å². The third-order valence-corrected chi connectivity index (χ3v) is 2.69. The van der Waals surface area contributed by atoms with Gasteiger partial charge in [-0.2, -0.15) is 0 Å². The molecule has 0 amide bonds. The summed E-state index contributed by atoms with van der Waals surface area (Å²) in [7, 11) is 0. The highest BCUT2D eigenvalue weighted by atomic mass is 35.5. The first-order chi connectivity index (χ1) is 8.24. The van der Waals surface area contributed by atoms with Crippen LogP contribution in [0, 0.1) is 5.82 Å². The van der Waals surface area contributed by atoms with E-state index in [0.717, 1.165) is 32.5 Å². The van der Waals surface area contributed by atoms with Gasteiger partial charge in [0, 0.05) is 17.1 Å². The fourth-order valence-electron chi connectivity index (χ4n) is 1.54. The zero-order valence-corrected chi connectivity index (χ0v) is 11.0. The molecule has 0 saturated carbocycles. The van der Waals surface area contributed by atoms with Gasteiger partial charge in [0.15, 0.2) is 0 Å². The summed E-state index contributed by atoms with van der Waals surface area (Å²) < 4.78 is 13.3. The Morgan fingerprint density at radius 2 is 1.94 bits per heavy atom. The summed E-state index contributed by atoms with van der Waals surface area (Å²) in [6, 6.07) is 4.64. The molecule has 0 bridgehead atoms. The van der Waals surface area contributed by atoms with Crippen LogP contribution in [0.1, 0.15) is 25.3 Å². The predicted molar refractivity (Wildman–Crippen MR) is 70.9 cm³/mol. The maximum Gasteiger partial charge on any atom is 0.127 e. The van der Waals surface area contributed by atoms with Crippen molar-refractivity contribution in [3.63, 3.8) is 0 Å². The van der Waals surface area contributed by atoms with Crippen LogP contribution in [0.3, 0.4) is 0 Å². The largest absolute Gasteiger partial charge is 0.317 e. The number of hydrogen-bond donors (Lipinski definition) is 2. The second-order valence-corrected chi connectivity index (χ2v) is 4.45. The number of hydrogen-bond acceptors (Lipinski definition) is 2. The van der Waals surface area contributed by atoms with E-state index in [1.54, 1.807) is 12.1 Å². The molecule has 0 heterocycles. The number of nitrogens with one attached hydrogen (secondary N) is 2. The Balaban J connectivity index is 2.15. The molecule has 0 aromatic heterocycles. The van der Waals surface area contributed by atoms with Crippen LogP contribution in [-0.4, -0.2) is 19.6 Å². The van der Waals surface area contributed by atoms with E-state index in [0.29, 0.717) is 17.1 Å². The molecule has 0 aliphatic heterocycles. The van der Waals surface area contributed by atoms with Gasteiger partial charge >= 0.3 is 0 Å². The van der Waals surface area contributed by atoms with Crippen LogP contribution in [0.2, 0.25) is 5.02 Å². The van der Waals surface area contributed by atoms with Crippen molar-refractivity contribution < 1.29 is 4.39 Å². The fraction of sp³-hybridized carbons (Fsp3) is 0.538. The Kier molecular flexibility index (Phi) is 7.17. The number of halogens is 2. The molecule has 0 radical (unpaired) electrons. The van der Waals surface area contributed by atoms with Crippen molar-refractivity contribution in [1.82, 2.24) is 10.6 Å². The van der Waals surface area contributed by atoms with E-state index in [9.17, 15) is 4.39 Å². The first kappa shape index (κ1) is 14.4. The lowest BCUT2D eigenvalue weighted by molar-refractivity contribution is 0.566. The first-order valence-electron chi connectivity index (χ1n) is 6.09. The Bertz CT molecular complexity index is 331. The van der Waals surface area contributed by atoms with Gasteiger partial charge in [0.1, 0.15) is 5.82 Å². The minimum absolute atomic E-state index is 0.203. The van der Waals surface area contributed by atoms with Crippen molar-refractivity contribution in [2.24, 2.45) is 0 Å². The van der Waals surface area contributed by atoms with Crippen LogP contribution >= 0.6 is 11.6 Å². The van der Waals surface area contributed by atoms with Crippen LogP contribution < -0.4 is 10.6 Å². The SMILES string of the molecule is CCCNCCCNCc1cc(Cl)ccc1F. The van der Waals surface area contributed by atoms with Crippen LogP contribution in [0.5, 0.6) is 0 Å². The molecule has 1 aromatic rings. The third kappa shape index (κ3) is 6.01. The molecule has 2 nitrogen and oxygen atoms in total. The van der Waals surface area contributed by atoms with E-state index in [4.69, 9.17) is 11.6 Å². The lowest BCUT2D eigenvalue weighted by Crippen LogP contribution is -2.22. The summed E-state index contributed by atoms with van der Waals surface area (Å²) in [5.41, 5.74) is 0.624. The smallest absolute Gasteiger partial charge is 0.127 e. The average molecular weight is 259 g/mol. The normalized spacial score (nSPS) is 10.8. The molecule has 1 rings (SSSR count). The van der Waals surface area contributed by atoms with Gasteiger partial charge in [0.05, 0.1) is 0 Å². The molecule has 4 heteroatoms. The molecule has 0 atom stereocenters. The van der Waals surface area contributed by atoms with Gasteiger partial charge in [0.2, 0.25) is 0 Å². The second-order valence-electron chi connectivity index (χ2n) is 4.02. The zero-order chi connectivity index (χ0) is 12.5. The van der Waals surface area contributed by atoms with Crippen molar-refractivity contribution in [1.29, 1.82) is 0 Å². The highest BCUT2D eigenvalue weighted by molar-refractivity contribution is 6.30. The number of rotatable bonds is 8. The third-order valence-electron chi connectivity index (χ3n) is 2.46. The van der Waals surface area contributed by atoms with Crippen LogP contribution in [0.4, 0.5) is 4.39 Å². The van der Waals surface area contributed by atoms with E-state index in [2.05, 4.69) is 17.6 Å². The maximum atomic E-state index is 13.3.